The van der Waals surface area contributed by atoms with Gasteiger partial charge in [-0.3, -0.25) is 4.79 Å². The summed E-state index contributed by atoms with van der Waals surface area (Å²) in [7, 11) is 1.59. The number of rotatable bonds is 8. The van der Waals surface area contributed by atoms with Crippen LogP contribution in [0.3, 0.4) is 0 Å². The minimum absolute atomic E-state index is 0.0468. The van der Waals surface area contributed by atoms with E-state index >= 15 is 0 Å². The van der Waals surface area contributed by atoms with E-state index < -0.39 is 6.04 Å². The van der Waals surface area contributed by atoms with E-state index in [1.54, 1.807) is 26.3 Å². The van der Waals surface area contributed by atoms with Gasteiger partial charge in [-0.05, 0) is 32.9 Å². The van der Waals surface area contributed by atoms with Gasteiger partial charge in [-0.25, -0.2) is 4.98 Å². The molecule has 0 aromatic carbocycles. The van der Waals surface area contributed by atoms with E-state index in [2.05, 4.69) is 15.6 Å². The fourth-order valence-corrected chi connectivity index (χ4v) is 1.55. The van der Waals surface area contributed by atoms with Gasteiger partial charge in [0.2, 0.25) is 5.91 Å². The number of pyridine rings is 1. The Kier molecular flexibility index (Phi) is 6.79. The number of nitrogens with one attached hydrogen (secondary N) is 2. The second-order valence-corrected chi connectivity index (χ2v) is 4.67. The van der Waals surface area contributed by atoms with Crippen molar-refractivity contribution in [2.24, 2.45) is 0 Å². The summed E-state index contributed by atoms with van der Waals surface area (Å²) in [5, 5.41) is 5.82. The molecule has 6 nitrogen and oxygen atoms in total. The molecule has 0 saturated heterocycles. The molecule has 0 aliphatic rings. The highest BCUT2D eigenvalue weighted by molar-refractivity contribution is 5.84. The monoisotopic (exact) mass is 281 g/mol. The van der Waals surface area contributed by atoms with Gasteiger partial charge in [0.25, 0.3) is 0 Å². The maximum absolute atomic E-state index is 11.9. The highest BCUT2D eigenvalue weighted by atomic mass is 16.5. The molecule has 6 heteroatoms. The van der Waals surface area contributed by atoms with Crippen LogP contribution in [0.4, 0.5) is 5.82 Å². The Bertz CT molecular complexity index is 424. The Morgan fingerprint density at radius 3 is 2.80 bits per heavy atom. The minimum Gasteiger partial charge on any atom is -0.487 e. The fraction of sp³-hybridized carbons (Fsp3) is 0.571. The van der Waals surface area contributed by atoms with Crippen LogP contribution in [0.5, 0.6) is 5.75 Å². The number of carbonyl (C=O) groups excluding carboxylic acids is 1. The van der Waals surface area contributed by atoms with Crippen LogP contribution in [0, 0.1) is 0 Å². The molecule has 0 saturated carbocycles. The second-order valence-electron chi connectivity index (χ2n) is 4.67. The van der Waals surface area contributed by atoms with Crippen molar-refractivity contribution >= 4 is 11.7 Å². The largest absolute Gasteiger partial charge is 0.487 e. The zero-order valence-corrected chi connectivity index (χ0v) is 12.5. The molecule has 2 N–H and O–H groups in total. The lowest BCUT2D eigenvalue weighted by atomic mass is 10.3. The molecule has 0 radical (unpaired) electrons. The van der Waals surface area contributed by atoms with Gasteiger partial charge in [0.05, 0.1) is 12.7 Å². The Balaban J connectivity index is 2.60. The van der Waals surface area contributed by atoms with E-state index in [9.17, 15) is 4.79 Å². The number of nitrogens with zero attached hydrogens (tertiary/aromatic N) is 1. The number of aromatic nitrogens is 1. The van der Waals surface area contributed by atoms with Crippen LogP contribution in [-0.2, 0) is 9.53 Å². The van der Waals surface area contributed by atoms with E-state index in [0.29, 0.717) is 24.7 Å². The molecule has 1 unspecified atom stereocenters. The first-order chi connectivity index (χ1) is 9.54. The summed E-state index contributed by atoms with van der Waals surface area (Å²) in [6, 6.07) is 3.22. The zero-order valence-electron chi connectivity index (χ0n) is 12.5. The molecule has 0 spiro atoms. The zero-order chi connectivity index (χ0) is 15.0. The number of hydrogen-bond donors (Lipinski definition) is 2. The summed E-state index contributed by atoms with van der Waals surface area (Å²) in [5.74, 6) is 1.10. The fourth-order valence-electron chi connectivity index (χ4n) is 1.55. The number of carbonyl (C=O) groups is 1. The summed E-state index contributed by atoms with van der Waals surface area (Å²) in [6.45, 7) is 6.63. The van der Waals surface area contributed by atoms with Crippen LogP contribution in [-0.4, -0.2) is 43.3 Å². The van der Waals surface area contributed by atoms with Gasteiger partial charge in [-0.2, -0.15) is 0 Å². The lowest BCUT2D eigenvalue weighted by Gasteiger charge is -2.18. The average molecular weight is 281 g/mol. The lowest BCUT2D eigenvalue weighted by Crippen LogP contribution is -2.39. The third-order valence-corrected chi connectivity index (χ3v) is 2.49. The standard InChI is InChI=1S/C14H23N3O3/c1-10(2)20-12-6-5-7-15-13(12)17-11(3)14(18)16-8-9-19-4/h5-7,10-11H,8-9H2,1-4H3,(H,15,17)(H,16,18). The van der Waals surface area contributed by atoms with Crippen LogP contribution in [0.2, 0.25) is 0 Å². The third kappa shape index (κ3) is 5.44. The van der Waals surface area contributed by atoms with Gasteiger partial charge in [0, 0.05) is 19.9 Å². The predicted molar refractivity (Wildman–Crippen MR) is 78.0 cm³/mol. The molecule has 1 rings (SSSR count). The van der Waals surface area contributed by atoms with Crippen LogP contribution in [0.15, 0.2) is 18.3 Å². The van der Waals surface area contributed by atoms with Gasteiger partial charge in [-0.1, -0.05) is 0 Å². The molecule has 0 aliphatic carbocycles. The highest BCUT2D eigenvalue weighted by Crippen LogP contribution is 2.22. The SMILES string of the molecule is COCCNC(=O)C(C)Nc1ncccc1OC(C)C. The van der Waals surface area contributed by atoms with Crippen molar-refractivity contribution in [2.45, 2.75) is 32.9 Å². The van der Waals surface area contributed by atoms with E-state index in [1.807, 2.05) is 19.9 Å². The van der Waals surface area contributed by atoms with Crippen molar-refractivity contribution in [1.29, 1.82) is 0 Å². The number of amides is 1. The van der Waals surface area contributed by atoms with Gasteiger partial charge < -0.3 is 20.1 Å². The second kappa shape index (κ2) is 8.37. The lowest BCUT2D eigenvalue weighted by molar-refractivity contribution is -0.121. The minimum atomic E-state index is -0.406. The summed E-state index contributed by atoms with van der Waals surface area (Å²) in [6.07, 6.45) is 1.70. The van der Waals surface area contributed by atoms with Crippen molar-refractivity contribution in [2.75, 3.05) is 25.6 Å². The van der Waals surface area contributed by atoms with Crippen LogP contribution in [0.1, 0.15) is 20.8 Å². The molecule has 0 bridgehead atoms. The topological polar surface area (TPSA) is 72.5 Å². The van der Waals surface area contributed by atoms with Gasteiger partial charge in [0.1, 0.15) is 6.04 Å². The molecule has 1 aromatic heterocycles. The smallest absolute Gasteiger partial charge is 0.242 e. The highest BCUT2D eigenvalue weighted by Gasteiger charge is 2.15. The van der Waals surface area contributed by atoms with Gasteiger partial charge in [0.15, 0.2) is 11.6 Å². The molecular weight excluding hydrogens is 258 g/mol. The first kappa shape index (κ1) is 16.2. The first-order valence-corrected chi connectivity index (χ1v) is 6.69. The third-order valence-electron chi connectivity index (χ3n) is 2.49. The molecular formula is C14H23N3O3. The molecule has 1 amide bonds. The van der Waals surface area contributed by atoms with Crippen LogP contribution >= 0.6 is 0 Å². The van der Waals surface area contributed by atoms with E-state index in [4.69, 9.17) is 9.47 Å². The van der Waals surface area contributed by atoms with Crippen molar-refractivity contribution in [3.05, 3.63) is 18.3 Å². The van der Waals surface area contributed by atoms with E-state index in [-0.39, 0.29) is 12.0 Å². The van der Waals surface area contributed by atoms with Gasteiger partial charge >= 0.3 is 0 Å². The molecule has 1 heterocycles. The average Bonchev–Trinajstić information content (AvgIpc) is 2.40. The van der Waals surface area contributed by atoms with Gasteiger partial charge in [-0.15, -0.1) is 0 Å². The first-order valence-electron chi connectivity index (χ1n) is 6.69. The molecule has 1 aromatic rings. The summed E-state index contributed by atoms with van der Waals surface area (Å²) in [4.78, 5) is 16.1. The van der Waals surface area contributed by atoms with E-state index in [0.717, 1.165) is 0 Å². The maximum atomic E-state index is 11.9. The molecule has 0 fully saturated rings. The van der Waals surface area contributed by atoms with Crippen molar-refractivity contribution in [1.82, 2.24) is 10.3 Å². The van der Waals surface area contributed by atoms with Crippen molar-refractivity contribution < 1.29 is 14.3 Å². The predicted octanol–water partition coefficient (Wildman–Crippen LogP) is 1.43. The number of anilines is 1. The van der Waals surface area contributed by atoms with E-state index in [1.165, 1.54) is 0 Å². The summed E-state index contributed by atoms with van der Waals surface area (Å²) >= 11 is 0. The Morgan fingerprint density at radius 2 is 2.15 bits per heavy atom. The molecule has 112 valence electrons. The molecule has 1 atom stereocenters. The Hall–Kier alpha value is -1.82. The Labute approximate surface area is 119 Å². The van der Waals surface area contributed by atoms with Crippen molar-refractivity contribution in [3.63, 3.8) is 0 Å². The normalized spacial score (nSPS) is 12.1. The van der Waals surface area contributed by atoms with Crippen molar-refractivity contribution in [3.8, 4) is 5.75 Å². The molecule has 0 aliphatic heterocycles. The van der Waals surface area contributed by atoms with Crippen LogP contribution < -0.4 is 15.4 Å². The summed E-state index contributed by atoms with van der Waals surface area (Å²) < 4.78 is 10.5. The van der Waals surface area contributed by atoms with Crippen LogP contribution in [0.25, 0.3) is 0 Å². The molecule has 20 heavy (non-hydrogen) atoms. The quantitative estimate of drug-likeness (QED) is 0.705. The number of methoxy groups -OCH3 is 1. The Morgan fingerprint density at radius 1 is 1.40 bits per heavy atom. The number of hydrogen-bond acceptors (Lipinski definition) is 5. The maximum Gasteiger partial charge on any atom is 0.242 e. The summed E-state index contributed by atoms with van der Waals surface area (Å²) in [5.41, 5.74) is 0. The number of ether oxygens (including phenoxy) is 2.